The zero-order chi connectivity index (χ0) is 19.0. The second-order valence-electron chi connectivity index (χ2n) is 7.51. The number of likely N-dealkylation sites (tertiary alicyclic amines) is 1. The fourth-order valence-electron chi connectivity index (χ4n) is 4.19. The summed E-state index contributed by atoms with van der Waals surface area (Å²) in [5.41, 5.74) is 1.74. The number of benzene rings is 1. The van der Waals surface area contributed by atoms with Crippen molar-refractivity contribution in [2.45, 2.75) is 19.4 Å². The minimum atomic E-state index is -0.284. The molecule has 1 spiro atoms. The van der Waals surface area contributed by atoms with Gasteiger partial charge in [0.05, 0.1) is 17.7 Å². The van der Waals surface area contributed by atoms with Crippen molar-refractivity contribution in [1.82, 2.24) is 20.1 Å². The second kappa shape index (κ2) is 6.98. The lowest BCUT2D eigenvalue weighted by Gasteiger charge is -2.23. The van der Waals surface area contributed by atoms with Crippen LogP contribution in [0, 0.1) is 5.41 Å². The summed E-state index contributed by atoms with van der Waals surface area (Å²) in [5, 5.41) is 10.6. The second-order valence-corrected chi connectivity index (χ2v) is 8.46. The summed E-state index contributed by atoms with van der Waals surface area (Å²) >= 11 is 1.60. The standard InChI is InChI=1S/C21H21N5OS/c27-19-21(9-12-25(19)14-17-8-4-5-11-22-17)10-13-26(15-21)20-24-23-18(28-20)16-6-2-1-3-7-16/h1-8,11H,9-10,12-15H2. The molecule has 1 atom stereocenters. The monoisotopic (exact) mass is 391 g/mol. The summed E-state index contributed by atoms with van der Waals surface area (Å²) in [7, 11) is 0. The highest BCUT2D eigenvalue weighted by Gasteiger charge is 2.51. The van der Waals surface area contributed by atoms with Crippen LogP contribution in [0.15, 0.2) is 54.7 Å². The first kappa shape index (κ1) is 17.3. The molecule has 1 amide bonds. The number of hydrogen-bond donors (Lipinski definition) is 0. The van der Waals surface area contributed by atoms with Crippen LogP contribution in [-0.2, 0) is 11.3 Å². The third-order valence-electron chi connectivity index (χ3n) is 5.74. The van der Waals surface area contributed by atoms with E-state index in [1.54, 1.807) is 17.5 Å². The molecule has 7 heteroatoms. The van der Waals surface area contributed by atoms with E-state index in [4.69, 9.17) is 0 Å². The number of carbonyl (C=O) groups is 1. The number of pyridine rings is 1. The van der Waals surface area contributed by atoms with Gasteiger partial charge in [-0.1, -0.05) is 47.7 Å². The molecule has 142 valence electrons. The maximum atomic E-state index is 13.2. The zero-order valence-electron chi connectivity index (χ0n) is 15.5. The molecule has 0 saturated carbocycles. The molecule has 2 saturated heterocycles. The van der Waals surface area contributed by atoms with Gasteiger partial charge in [0.15, 0.2) is 0 Å². The molecular weight excluding hydrogens is 370 g/mol. The largest absolute Gasteiger partial charge is 0.346 e. The van der Waals surface area contributed by atoms with Gasteiger partial charge in [0.2, 0.25) is 11.0 Å². The van der Waals surface area contributed by atoms with Crippen LogP contribution in [0.1, 0.15) is 18.5 Å². The zero-order valence-corrected chi connectivity index (χ0v) is 16.3. The maximum Gasteiger partial charge on any atom is 0.231 e. The van der Waals surface area contributed by atoms with Gasteiger partial charge in [-0.15, -0.1) is 10.2 Å². The Labute approximate surface area is 167 Å². The van der Waals surface area contributed by atoms with E-state index in [9.17, 15) is 4.79 Å². The lowest BCUT2D eigenvalue weighted by Crippen LogP contribution is -2.36. The normalized spacial score (nSPS) is 21.8. The average Bonchev–Trinajstić information content (AvgIpc) is 3.46. The van der Waals surface area contributed by atoms with Crippen molar-refractivity contribution in [2.24, 2.45) is 5.41 Å². The van der Waals surface area contributed by atoms with Gasteiger partial charge in [0.1, 0.15) is 5.01 Å². The van der Waals surface area contributed by atoms with Crippen LogP contribution < -0.4 is 4.90 Å². The van der Waals surface area contributed by atoms with E-state index in [0.29, 0.717) is 6.54 Å². The highest BCUT2D eigenvalue weighted by atomic mass is 32.1. The number of carbonyl (C=O) groups excluding carboxylic acids is 1. The third-order valence-corrected chi connectivity index (χ3v) is 6.77. The minimum Gasteiger partial charge on any atom is -0.346 e. The van der Waals surface area contributed by atoms with Crippen molar-refractivity contribution >= 4 is 22.4 Å². The Hall–Kier alpha value is -2.80. The number of hydrogen-bond acceptors (Lipinski definition) is 6. The van der Waals surface area contributed by atoms with Gasteiger partial charge in [-0.05, 0) is 25.0 Å². The topological polar surface area (TPSA) is 62.2 Å². The van der Waals surface area contributed by atoms with Crippen molar-refractivity contribution in [1.29, 1.82) is 0 Å². The lowest BCUT2D eigenvalue weighted by atomic mass is 9.85. The predicted molar refractivity (Wildman–Crippen MR) is 109 cm³/mol. The first-order chi connectivity index (χ1) is 13.7. The summed E-state index contributed by atoms with van der Waals surface area (Å²) in [6.07, 6.45) is 3.56. The Kier molecular flexibility index (Phi) is 4.31. The van der Waals surface area contributed by atoms with Gasteiger partial charge in [0.25, 0.3) is 0 Å². The van der Waals surface area contributed by atoms with E-state index in [0.717, 1.165) is 53.9 Å². The maximum absolute atomic E-state index is 13.2. The van der Waals surface area contributed by atoms with Crippen molar-refractivity contribution in [3.63, 3.8) is 0 Å². The van der Waals surface area contributed by atoms with Crippen LogP contribution in [0.25, 0.3) is 10.6 Å². The average molecular weight is 392 g/mol. The molecule has 4 heterocycles. The van der Waals surface area contributed by atoms with Crippen LogP contribution >= 0.6 is 11.3 Å². The smallest absolute Gasteiger partial charge is 0.231 e. The minimum absolute atomic E-state index is 0.258. The highest BCUT2D eigenvalue weighted by molar-refractivity contribution is 7.18. The number of aromatic nitrogens is 3. The molecule has 6 nitrogen and oxygen atoms in total. The SMILES string of the molecule is O=C1N(Cc2ccccn2)CCC12CCN(c1nnc(-c3ccccc3)s1)C2. The summed E-state index contributed by atoms with van der Waals surface area (Å²) in [5.74, 6) is 0.258. The summed E-state index contributed by atoms with van der Waals surface area (Å²) < 4.78 is 0. The van der Waals surface area contributed by atoms with Crippen molar-refractivity contribution < 1.29 is 4.79 Å². The number of nitrogens with zero attached hydrogens (tertiary/aromatic N) is 5. The third kappa shape index (κ3) is 3.05. The van der Waals surface area contributed by atoms with Crippen molar-refractivity contribution in [3.05, 3.63) is 60.4 Å². The number of amides is 1. The fourth-order valence-corrected chi connectivity index (χ4v) is 5.06. The molecule has 2 aliphatic heterocycles. The van der Waals surface area contributed by atoms with E-state index in [1.165, 1.54) is 0 Å². The number of anilines is 1. The molecule has 0 radical (unpaired) electrons. The van der Waals surface area contributed by atoms with Gasteiger partial charge >= 0.3 is 0 Å². The predicted octanol–water partition coefficient (Wildman–Crippen LogP) is 3.23. The molecule has 28 heavy (non-hydrogen) atoms. The first-order valence-electron chi connectivity index (χ1n) is 9.57. The lowest BCUT2D eigenvalue weighted by molar-refractivity contribution is -0.135. The molecular formula is C21H21N5OS. The molecule has 0 N–H and O–H groups in total. The summed E-state index contributed by atoms with van der Waals surface area (Å²) in [6, 6.07) is 16.0. The number of rotatable bonds is 4. The van der Waals surface area contributed by atoms with Gasteiger partial charge in [-0.2, -0.15) is 0 Å². The van der Waals surface area contributed by atoms with Gasteiger partial charge in [-0.3, -0.25) is 9.78 Å². The molecule has 3 aromatic rings. The molecule has 2 aliphatic rings. The van der Waals surface area contributed by atoms with E-state index in [2.05, 4.69) is 20.1 Å². The van der Waals surface area contributed by atoms with Crippen LogP contribution in [0.5, 0.6) is 0 Å². The van der Waals surface area contributed by atoms with Gasteiger partial charge in [0, 0.05) is 31.4 Å². The van der Waals surface area contributed by atoms with E-state index >= 15 is 0 Å². The van der Waals surface area contributed by atoms with E-state index < -0.39 is 0 Å². The first-order valence-corrected chi connectivity index (χ1v) is 10.4. The molecule has 5 rings (SSSR count). The molecule has 2 fully saturated rings. The fraction of sp³-hybridized carbons (Fsp3) is 0.333. The van der Waals surface area contributed by atoms with E-state index in [-0.39, 0.29) is 11.3 Å². The van der Waals surface area contributed by atoms with Gasteiger partial charge < -0.3 is 9.80 Å². The van der Waals surface area contributed by atoms with Crippen LogP contribution in [0.4, 0.5) is 5.13 Å². The quantitative estimate of drug-likeness (QED) is 0.683. The van der Waals surface area contributed by atoms with Crippen LogP contribution in [-0.4, -0.2) is 45.6 Å². The molecule has 2 aromatic heterocycles. The van der Waals surface area contributed by atoms with E-state index in [1.807, 2.05) is 53.4 Å². The Bertz CT molecular complexity index is 977. The Morgan fingerprint density at radius 1 is 1.00 bits per heavy atom. The molecule has 0 aliphatic carbocycles. The Morgan fingerprint density at radius 2 is 1.82 bits per heavy atom. The van der Waals surface area contributed by atoms with Crippen molar-refractivity contribution in [2.75, 3.05) is 24.5 Å². The highest BCUT2D eigenvalue weighted by Crippen LogP contribution is 2.43. The molecule has 1 aromatic carbocycles. The Morgan fingerprint density at radius 3 is 2.64 bits per heavy atom. The van der Waals surface area contributed by atoms with Gasteiger partial charge in [-0.25, -0.2) is 0 Å². The Balaban J connectivity index is 1.29. The molecule has 1 unspecified atom stereocenters. The van der Waals surface area contributed by atoms with Crippen molar-refractivity contribution in [3.8, 4) is 10.6 Å². The van der Waals surface area contributed by atoms with Crippen LogP contribution in [0.3, 0.4) is 0 Å². The summed E-state index contributed by atoms with van der Waals surface area (Å²) in [6.45, 7) is 2.98. The summed E-state index contributed by atoms with van der Waals surface area (Å²) in [4.78, 5) is 21.7. The van der Waals surface area contributed by atoms with Crippen LogP contribution in [0.2, 0.25) is 0 Å². The molecule has 0 bridgehead atoms.